The molecule has 0 aliphatic heterocycles. The number of nitrogens with zero attached hydrogens (tertiary/aromatic N) is 1. The van der Waals surface area contributed by atoms with E-state index in [0.717, 1.165) is 37.8 Å². The minimum atomic E-state index is 0.562. The van der Waals surface area contributed by atoms with Gasteiger partial charge in [0.1, 0.15) is 0 Å². The van der Waals surface area contributed by atoms with Crippen LogP contribution in [0, 0.1) is 6.92 Å². The van der Waals surface area contributed by atoms with Gasteiger partial charge < -0.3 is 14.2 Å². The van der Waals surface area contributed by atoms with E-state index < -0.39 is 0 Å². The molecule has 0 amide bonds. The summed E-state index contributed by atoms with van der Waals surface area (Å²) in [4.78, 5) is 4.92. The molecule has 0 aliphatic carbocycles. The van der Waals surface area contributed by atoms with Crippen molar-refractivity contribution in [2.45, 2.75) is 6.92 Å². The SMILES string of the molecule is COc1cc(-c2cc(-c3ccc(C)cc3)c3cc(Br)ccc3n2)cc(OC)c1OC. The number of hydrogen-bond donors (Lipinski definition) is 0. The zero-order chi connectivity index (χ0) is 21.3. The van der Waals surface area contributed by atoms with Crippen LogP contribution in [0.2, 0.25) is 0 Å². The van der Waals surface area contributed by atoms with Gasteiger partial charge in [-0.2, -0.15) is 0 Å². The third-order valence-corrected chi connectivity index (χ3v) is 5.59. The van der Waals surface area contributed by atoms with Gasteiger partial charge in [-0.1, -0.05) is 45.8 Å². The molecule has 1 heterocycles. The Kier molecular flexibility index (Phi) is 5.64. The first-order valence-electron chi connectivity index (χ1n) is 9.51. The summed E-state index contributed by atoms with van der Waals surface area (Å²) in [6, 6.07) is 20.6. The largest absolute Gasteiger partial charge is 0.493 e. The van der Waals surface area contributed by atoms with Crippen LogP contribution in [0.1, 0.15) is 5.56 Å². The van der Waals surface area contributed by atoms with Gasteiger partial charge in [0.25, 0.3) is 0 Å². The quantitative estimate of drug-likeness (QED) is 0.331. The Bertz CT molecular complexity index is 1190. The van der Waals surface area contributed by atoms with Gasteiger partial charge in [0.2, 0.25) is 5.75 Å². The normalized spacial score (nSPS) is 10.8. The highest BCUT2D eigenvalue weighted by Gasteiger charge is 2.16. The number of halogens is 1. The molecule has 4 rings (SSSR count). The summed E-state index contributed by atoms with van der Waals surface area (Å²) in [7, 11) is 4.83. The van der Waals surface area contributed by atoms with Crippen molar-refractivity contribution in [2.75, 3.05) is 21.3 Å². The van der Waals surface area contributed by atoms with E-state index in [4.69, 9.17) is 19.2 Å². The van der Waals surface area contributed by atoms with E-state index in [1.807, 2.05) is 24.3 Å². The zero-order valence-corrected chi connectivity index (χ0v) is 18.9. The molecule has 152 valence electrons. The molecule has 0 N–H and O–H groups in total. The fourth-order valence-corrected chi connectivity index (χ4v) is 3.91. The summed E-state index contributed by atoms with van der Waals surface area (Å²) in [5, 5.41) is 1.09. The number of fused-ring (bicyclic) bond motifs is 1. The molecule has 0 radical (unpaired) electrons. The minimum absolute atomic E-state index is 0.562. The third-order valence-electron chi connectivity index (χ3n) is 5.09. The summed E-state index contributed by atoms with van der Waals surface area (Å²) >= 11 is 3.59. The second-order valence-electron chi connectivity index (χ2n) is 7.00. The van der Waals surface area contributed by atoms with Gasteiger partial charge in [0.05, 0.1) is 32.5 Å². The highest BCUT2D eigenvalue weighted by Crippen LogP contribution is 2.42. The molecular weight excluding hydrogens is 442 g/mol. The Morgan fingerprint density at radius 3 is 2.00 bits per heavy atom. The standard InChI is InChI=1S/C25H22BrNO3/c1-15-5-7-16(8-6-15)19-14-22(27-21-10-9-18(26)13-20(19)21)17-11-23(28-2)25(30-4)24(12-17)29-3/h5-14H,1-4H3. The first-order valence-corrected chi connectivity index (χ1v) is 10.3. The predicted octanol–water partition coefficient (Wildman–Crippen LogP) is 6.67. The molecule has 4 aromatic rings. The molecular formula is C25H22BrNO3. The first kappa shape index (κ1) is 20.2. The molecule has 30 heavy (non-hydrogen) atoms. The monoisotopic (exact) mass is 463 g/mol. The van der Waals surface area contributed by atoms with Crippen molar-refractivity contribution in [3.05, 3.63) is 70.7 Å². The lowest BCUT2D eigenvalue weighted by Gasteiger charge is -2.15. The van der Waals surface area contributed by atoms with E-state index >= 15 is 0 Å². The van der Waals surface area contributed by atoms with Crippen LogP contribution >= 0.6 is 15.9 Å². The van der Waals surface area contributed by atoms with Gasteiger partial charge >= 0.3 is 0 Å². The van der Waals surface area contributed by atoms with Gasteiger partial charge in [-0.05, 0) is 54.4 Å². The highest BCUT2D eigenvalue weighted by molar-refractivity contribution is 9.10. The van der Waals surface area contributed by atoms with Gasteiger partial charge in [-0.15, -0.1) is 0 Å². The van der Waals surface area contributed by atoms with Crippen molar-refractivity contribution in [2.24, 2.45) is 0 Å². The van der Waals surface area contributed by atoms with Gasteiger partial charge in [0.15, 0.2) is 11.5 Å². The predicted molar refractivity (Wildman–Crippen MR) is 125 cm³/mol. The lowest BCUT2D eigenvalue weighted by atomic mass is 9.97. The molecule has 0 fully saturated rings. The maximum atomic E-state index is 5.53. The molecule has 0 aliphatic rings. The molecule has 0 saturated heterocycles. The second-order valence-corrected chi connectivity index (χ2v) is 7.91. The van der Waals surface area contributed by atoms with Crippen LogP contribution in [-0.2, 0) is 0 Å². The van der Waals surface area contributed by atoms with E-state index in [2.05, 4.69) is 59.3 Å². The van der Waals surface area contributed by atoms with E-state index in [9.17, 15) is 0 Å². The summed E-state index contributed by atoms with van der Waals surface area (Å²) in [6.45, 7) is 2.09. The van der Waals surface area contributed by atoms with Crippen LogP contribution in [0.3, 0.4) is 0 Å². The van der Waals surface area contributed by atoms with Crippen LogP contribution < -0.4 is 14.2 Å². The van der Waals surface area contributed by atoms with Crippen molar-refractivity contribution in [3.8, 4) is 39.6 Å². The summed E-state index contributed by atoms with van der Waals surface area (Å²) in [5.41, 5.74) is 6.12. The molecule has 1 aromatic heterocycles. The Balaban J connectivity index is 1.99. The molecule has 3 aromatic carbocycles. The molecule has 0 unspecified atom stereocenters. The van der Waals surface area contributed by atoms with Crippen molar-refractivity contribution in [1.29, 1.82) is 0 Å². The summed E-state index contributed by atoms with van der Waals surface area (Å²) in [6.07, 6.45) is 0. The lowest BCUT2D eigenvalue weighted by molar-refractivity contribution is 0.324. The number of rotatable bonds is 5. The van der Waals surface area contributed by atoms with E-state index in [0.29, 0.717) is 17.2 Å². The third kappa shape index (κ3) is 3.73. The van der Waals surface area contributed by atoms with E-state index in [-0.39, 0.29) is 0 Å². The lowest BCUT2D eigenvalue weighted by Crippen LogP contribution is -1.97. The number of aromatic nitrogens is 1. The van der Waals surface area contributed by atoms with Gasteiger partial charge in [-0.3, -0.25) is 0 Å². The summed E-state index contributed by atoms with van der Waals surface area (Å²) < 4.78 is 17.5. The highest BCUT2D eigenvalue weighted by atomic mass is 79.9. The van der Waals surface area contributed by atoms with Crippen LogP contribution in [-0.4, -0.2) is 26.3 Å². The molecule has 0 spiro atoms. The molecule has 0 atom stereocenters. The van der Waals surface area contributed by atoms with E-state index in [1.165, 1.54) is 5.56 Å². The Morgan fingerprint density at radius 1 is 0.733 bits per heavy atom. The average molecular weight is 464 g/mol. The smallest absolute Gasteiger partial charge is 0.203 e. The first-order chi connectivity index (χ1) is 14.5. The van der Waals surface area contributed by atoms with Crippen LogP contribution in [0.4, 0.5) is 0 Å². The van der Waals surface area contributed by atoms with Crippen LogP contribution in [0.25, 0.3) is 33.3 Å². The van der Waals surface area contributed by atoms with Gasteiger partial charge in [0, 0.05) is 15.4 Å². The topological polar surface area (TPSA) is 40.6 Å². The molecule has 0 saturated carbocycles. The minimum Gasteiger partial charge on any atom is -0.493 e. The maximum absolute atomic E-state index is 5.53. The fraction of sp³-hybridized carbons (Fsp3) is 0.160. The van der Waals surface area contributed by atoms with Crippen LogP contribution in [0.5, 0.6) is 17.2 Å². The van der Waals surface area contributed by atoms with Crippen LogP contribution in [0.15, 0.2) is 65.1 Å². The number of methoxy groups -OCH3 is 3. The zero-order valence-electron chi connectivity index (χ0n) is 17.3. The number of aryl methyl sites for hydroxylation is 1. The number of pyridine rings is 1. The second kappa shape index (κ2) is 8.36. The summed E-state index contributed by atoms with van der Waals surface area (Å²) in [5.74, 6) is 1.76. The van der Waals surface area contributed by atoms with Crippen molar-refractivity contribution < 1.29 is 14.2 Å². The average Bonchev–Trinajstić information content (AvgIpc) is 2.77. The Hall–Kier alpha value is -3.05. The van der Waals surface area contributed by atoms with Crippen molar-refractivity contribution >= 4 is 26.8 Å². The molecule has 4 nitrogen and oxygen atoms in total. The van der Waals surface area contributed by atoms with Crippen molar-refractivity contribution in [1.82, 2.24) is 4.98 Å². The maximum Gasteiger partial charge on any atom is 0.203 e. The Labute approximate surface area is 184 Å². The number of ether oxygens (including phenoxy) is 3. The van der Waals surface area contributed by atoms with E-state index in [1.54, 1.807) is 21.3 Å². The Morgan fingerprint density at radius 2 is 1.40 bits per heavy atom. The molecule has 0 bridgehead atoms. The molecule has 5 heteroatoms. The number of hydrogen-bond acceptors (Lipinski definition) is 4. The van der Waals surface area contributed by atoms with Gasteiger partial charge in [-0.25, -0.2) is 4.98 Å². The van der Waals surface area contributed by atoms with Crippen molar-refractivity contribution in [3.63, 3.8) is 0 Å². The number of benzene rings is 3. The fourth-order valence-electron chi connectivity index (χ4n) is 3.55.